The molecule has 1 aliphatic carbocycles. The Morgan fingerprint density at radius 2 is 2.21 bits per heavy atom. The van der Waals surface area contributed by atoms with Crippen LogP contribution in [0.25, 0.3) is 32.2 Å². The number of hydrogen-bond acceptors (Lipinski definition) is 4. The van der Waals surface area contributed by atoms with E-state index in [2.05, 4.69) is 26.4 Å². The number of anilines is 1. The molecule has 5 rings (SSSR count). The van der Waals surface area contributed by atoms with E-state index in [9.17, 15) is 13.6 Å². The number of nitrogens with zero attached hydrogens (tertiary/aromatic N) is 2. The lowest BCUT2D eigenvalue weighted by Gasteiger charge is -2.08. The lowest BCUT2D eigenvalue weighted by Crippen LogP contribution is -2.14. The number of fused-ring (bicyclic) bond motifs is 2. The molecule has 1 unspecified atom stereocenters. The van der Waals surface area contributed by atoms with Gasteiger partial charge in [0.25, 0.3) is 0 Å². The molecule has 2 aromatic heterocycles. The van der Waals surface area contributed by atoms with Gasteiger partial charge in [-0.1, -0.05) is 23.3 Å². The molecular formula is C20H12F2N4OS. The molecule has 2 atom stereocenters. The van der Waals surface area contributed by atoms with E-state index in [4.69, 9.17) is 6.42 Å². The Morgan fingerprint density at radius 1 is 1.39 bits per heavy atom. The summed E-state index contributed by atoms with van der Waals surface area (Å²) < 4.78 is 28.3. The highest BCUT2D eigenvalue weighted by Gasteiger charge is 2.43. The number of rotatable bonds is 3. The van der Waals surface area contributed by atoms with Gasteiger partial charge in [-0.05, 0) is 24.1 Å². The van der Waals surface area contributed by atoms with Crippen LogP contribution in [0.15, 0.2) is 30.5 Å². The summed E-state index contributed by atoms with van der Waals surface area (Å²) in [6, 6.07) is 6.76. The average molecular weight is 394 g/mol. The summed E-state index contributed by atoms with van der Waals surface area (Å²) in [5.74, 6) is 0.987. The molecule has 4 aromatic rings. The monoisotopic (exact) mass is 394 g/mol. The predicted octanol–water partition coefficient (Wildman–Crippen LogP) is 4.26. The molecule has 1 saturated carbocycles. The normalized spacial score (nSPS) is 18.3. The van der Waals surface area contributed by atoms with Crippen molar-refractivity contribution >= 4 is 43.5 Å². The van der Waals surface area contributed by atoms with Crippen LogP contribution in [0.1, 0.15) is 12.0 Å². The van der Waals surface area contributed by atoms with Crippen molar-refractivity contribution < 1.29 is 13.6 Å². The number of nitrogens with one attached hydrogen (secondary N) is 2. The largest absolute Gasteiger partial charge is 0.302 e. The fourth-order valence-electron chi connectivity index (χ4n) is 3.27. The molecule has 28 heavy (non-hydrogen) atoms. The third kappa shape index (κ3) is 2.63. The molecule has 2 N–H and O–H groups in total. The molecule has 8 heteroatoms. The van der Waals surface area contributed by atoms with Gasteiger partial charge < -0.3 is 5.32 Å². The Hall–Kier alpha value is -3.31. The zero-order chi connectivity index (χ0) is 19.4. The van der Waals surface area contributed by atoms with E-state index in [0.717, 1.165) is 15.6 Å². The first-order valence-corrected chi connectivity index (χ1v) is 9.35. The minimum atomic E-state index is -1.06. The van der Waals surface area contributed by atoms with Crippen LogP contribution in [0.2, 0.25) is 0 Å². The van der Waals surface area contributed by atoms with Crippen LogP contribution >= 0.6 is 11.3 Å². The molecule has 0 bridgehead atoms. The number of H-pyrrole nitrogens is 1. The molecule has 1 fully saturated rings. The minimum absolute atomic E-state index is 0.161. The van der Waals surface area contributed by atoms with Gasteiger partial charge in [0.05, 0.1) is 33.4 Å². The Labute approximate surface area is 161 Å². The van der Waals surface area contributed by atoms with Crippen molar-refractivity contribution in [3.63, 3.8) is 0 Å². The molecule has 2 heterocycles. The van der Waals surface area contributed by atoms with Gasteiger partial charge in [0.15, 0.2) is 5.13 Å². The van der Waals surface area contributed by atoms with Crippen molar-refractivity contribution in [2.45, 2.75) is 12.6 Å². The first kappa shape index (κ1) is 16.8. The van der Waals surface area contributed by atoms with Crippen molar-refractivity contribution in [1.29, 1.82) is 0 Å². The third-order valence-corrected chi connectivity index (χ3v) is 5.73. The number of hydrogen-bond donors (Lipinski definition) is 2. The van der Waals surface area contributed by atoms with Crippen molar-refractivity contribution in [2.75, 3.05) is 5.32 Å². The van der Waals surface area contributed by atoms with Gasteiger partial charge >= 0.3 is 0 Å². The Kier molecular flexibility index (Phi) is 3.67. The lowest BCUT2D eigenvalue weighted by molar-refractivity contribution is -0.117. The lowest BCUT2D eigenvalue weighted by atomic mass is 9.96. The Balaban J connectivity index is 1.59. The maximum absolute atomic E-state index is 14.4. The molecule has 5 nitrogen and oxygen atoms in total. The summed E-state index contributed by atoms with van der Waals surface area (Å²) in [5, 5.41) is 10.5. The van der Waals surface area contributed by atoms with Gasteiger partial charge in [0, 0.05) is 17.0 Å². The molecule has 0 radical (unpaired) electrons. The average Bonchev–Trinajstić information content (AvgIpc) is 3.05. The summed E-state index contributed by atoms with van der Waals surface area (Å²) in [4.78, 5) is 16.3. The summed E-state index contributed by atoms with van der Waals surface area (Å²) in [7, 11) is 0. The van der Waals surface area contributed by atoms with E-state index in [0.29, 0.717) is 21.7 Å². The molecule has 0 saturated heterocycles. The summed E-state index contributed by atoms with van der Waals surface area (Å²) >= 11 is 1.27. The SMILES string of the molecule is C#Cc1c(F)cc2[nH]ncc2c1-c1ccc2nc(NC(=O)C3C[C@@H]3F)sc2c1. The second-order valence-corrected chi connectivity index (χ2v) is 7.66. The smallest absolute Gasteiger partial charge is 0.232 e. The molecule has 0 aliphatic heterocycles. The van der Waals surface area contributed by atoms with Crippen molar-refractivity contribution in [3.8, 4) is 23.5 Å². The van der Waals surface area contributed by atoms with E-state index < -0.39 is 17.9 Å². The van der Waals surface area contributed by atoms with Gasteiger partial charge in [0.2, 0.25) is 5.91 Å². The summed E-state index contributed by atoms with van der Waals surface area (Å²) in [6.07, 6.45) is 6.36. The Bertz CT molecular complexity index is 1300. The fourth-order valence-corrected chi connectivity index (χ4v) is 4.17. The zero-order valence-corrected chi connectivity index (χ0v) is 15.1. The van der Waals surface area contributed by atoms with Crippen LogP contribution in [0, 0.1) is 24.1 Å². The quantitative estimate of drug-likeness (QED) is 0.510. The van der Waals surface area contributed by atoms with Crippen molar-refractivity contribution in [1.82, 2.24) is 15.2 Å². The van der Waals surface area contributed by atoms with Gasteiger partial charge in [0.1, 0.15) is 12.0 Å². The van der Waals surface area contributed by atoms with Crippen LogP contribution in [-0.4, -0.2) is 27.3 Å². The molecule has 1 aliphatic rings. The Morgan fingerprint density at radius 3 is 2.96 bits per heavy atom. The van der Waals surface area contributed by atoms with Crippen LogP contribution in [-0.2, 0) is 4.79 Å². The van der Waals surface area contributed by atoms with Gasteiger partial charge in [-0.25, -0.2) is 13.8 Å². The van der Waals surface area contributed by atoms with E-state index in [1.807, 2.05) is 6.07 Å². The highest BCUT2D eigenvalue weighted by atomic mass is 32.1. The number of halogens is 2. The van der Waals surface area contributed by atoms with Gasteiger partial charge in [-0.2, -0.15) is 5.10 Å². The molecule has 138 valence electrons. The van der Waals surface area contributed by atoms with E-state index >= 15 is 0 Å². The molecular weight excluding hydrogens is 382 g/mol. The number of aromatic nitrogens is 3. The number of benzene rings is 2. The fraction of sp³-hybridized carbons (Fsp3) is 0.150. The van der Waals surface area contributed by atoms with Gasteiger partial charge in [-0.3, -0.25) is 9.89 Å². The van der Waals surface area contributed by atoms with Crippen molar-refractivity contribution in [3.05, 3.63) is 41.8 Å². The number of alkyl halides is 1. The van der Waals surface area contributed by atoms with Crippen LogP contribution in [0.3, 0.4) is 0 Å². The standard InChI is InChI=1S/C20H12F2N4OS/c1-2-10-14(22)7-16-12(8-23-26-16)18(10)9-3-4-15-17(5-9)28-20(24-15)25-19(27)11-6-13(11)21/h1,3-5,7-8,11,13H,6H2,(H,23,26)(H,24,25,27)/t11?,13-/m0/s1. The number of aromatic amines is 1. The minimum Gasteiger partial charge on any atom is -0.302 e. The number of terminal acetylenes is 1. The first-order chi connectivity index (χ1) is 13.5. The predicted molar refractivity (Wildman–Crippen MR) is 104 cm³/mol. The van der Waals surface area contributed by atoms with Gasteiger partial charge in [-0.15, -0.1) is 6.42 Å². The molecule has 2 aromatic carbocycles. The second-order valence-electron chi connectivity index (χ2n) is 6.63. The highest BCUT2D eigenvalue weighted by Crippen LogP contribution is 2.38. The number of thiazole rings is 1. The maximum Gasteiger partial charge on any atom is 0.232 e. The maximum atomic E-state index is 14.4. The topological polar surface area (TPSA) is 70.7 Å². The van der Waals surface area contributed by atoms with Crippen LogP contribution < -0.4 is 5.32 Å². The van der Waals surface area contributed by atoms with E-state index in [1.54, 1.807) is 18.3 Å². The third-order valence-electron chi connectivity index (χ3n) is 4.80. The van der Waals surface area contributed by atoms with E-state index in [1.165, 1.54) is 17.4 Å². The number of amides is 1. The molecule has 1 amide bonds. The van der Waals surface area contributed by atoms with Crippen LogP contribution in [0.5, 0.6) is 0 Å². The second kappa shape index (κ2) is 6.11. The summed E-state index contributed by atoms with van der Waals surface area (Å²) in [5.41, 5.74) is 2.69. The summed E-state index contributed by atoms with van der Waals surface area (Å²) in [6.45, 7) is 0. The zero-order valence-electron chi connectivity index (χ0n) is 14.3. The number of carbonyl (C=O) groups is 1. The number of carbonyl (C=O) groups excluding carboxylic acids is 1. The molecule has 0 spiro atoms. The van der Waals surface area contributed by atoms with Crippen molar-refractivity contribution in [2.24, 2.45) is 5.92 Å². The van der Waals surface area contributed by atoms with Crippen LogP contribution in [0.4, 0.5) is 13.9 Å². The first-order valence-electron chi connectivity index (χ1n) is 8.53. The van der Waals surface area contributed by atoms with E-state index in [-0.39, 0.29) is 17.9 Å². The highest BCUT2D eigenvalue weighted by molar-refractivity contribution is 7.22.